The molecule has 0 aliphatic heterocycles. The fourth-order valence-corrected chi connectivity index (χ4v) is 2.86. The number of hydrogen-bond donors (Lipinski definition) is 1. The monoisotopic (exact) mass is 372 g/mol. The molecule has 5 heteroatoms. The highest BCUT2D eigenvalue weighted by molar-refractivity contribution is 6.35. The molecule has 3 rings (SSSR count). The molecule has 0 amide bonds. The number of nitrogens with zero attached hydrogens (tertiary/aromatic N) is 1. The summed E-state index contributed by atoms with van der Waals surface area (Å²) in [7, 11) is 0. The molecule has 1 heterocycles. The third-order valence-corrected chi connectivity index (χ3v) is 4.30. The molecule has 1 N–H and O–H groups in total. The minimum Gasteiger partial charge on any atom is -0.489 e. The Bertz CT molecular complexity index is 825. The number of benzene rings is 2. The SMILES string of the molecule is Clc1ccc(COc2cccc(CNCc3ccncc3)c2)c(Cl)c1. The Balaban J connectivity index is 1.54. The van der Waals surface area contributed by atoms with Crippen molar-refractivity contribution in [3.8, 4) is 5.75 Å². The molecule has 3 nitrogen and oxygen atoms in total. The molecule has 0 saturated carbocycles. The van der Waals surface area contributed by atoms with E-state index >= 15 is 0 Å². The number of aromatic nitrogens is 1. The smallest absolute Gasteiger partial charge is 0.120 e. The van der Waals surface area contributed by atoms with Crippen LogP contribution in [0.1, 0.15) is 16.7 Å². The molecule has 25 heavy (non-hydrogen) atoms. The van der Waals surface area contributed by atoms with Crippen LogP contribution in [0.5, 0.6) is 5.75 Å². The van der Waals surface area contributed by atoms with Crippen molar-refractivity contribution in [3.05, 3.63) is 93.7 Å². The number of halogens is 2. The van der Waals surface area contributed by atoms with Crippen molar-refractivity contribution >= 4 is 23.2 Å². The number of ether oxygens (including phenoxy) is 1. The number of pyridine rings is 1. The van der Waals surface area contributed by atoms with Crippen LogP contribution in [0.15, 0.2) is 67.0 Å². The zero-order chi connectivity index (χ0) is 17.5. The van der Waals surface area contributed by atoms with E-state index in [4.69, 9.17) is 27.9 Å². The van der Waals surface area contributed by atoms with Crippen molar-refractivity contribution in [2.24, 2.45) is 0 Å². The van der Waals surface area contributed by atoms with Crippen LogP contribution < -0.4 is 10.1 Å². The maximum absolute atomic E-state index is 6.17. The molecule has 1 aromatic heterocycles. The van der Waals surface area contributed by atoms with E-state index in [1.54, 1.807) is 18.5 Å². The van der Waals surface area contributed by atoms with Crippen molar-refractivity contribution in [2.75, 3.05) is 0 Å². The van der Waals surface area contributed by atoms with E-state index in [2.05, 4.69) is 16.4 Å². The molecule has 0 aliphatic rings. The van der Waals surface area contributed by atoms with Gasteiger partial charge in [0.15, 0.2) is 0 Å². The quantitative estimate of drug-likeness (QED) is 0.614. The van der Waals surface area contributed by atoms with Gasteiger partial charge in [-0.3, -0.25) is 4.98 Å². The van der Waals surface area contributed by atoms with Gasteiger partial charge in [0.1, 0.15) is 12.4 Å². The van der Waals surface area contributed by atoms with Gasteiger partial charge >= 0.3 is 0 Å². The lowest BCUT2D eigenvalue weighted by Gasteiger charge is -2.10. The maximum Gasteiger partial charge on any atom is 0.120 e. The first kappa shape index (κ1) is 17.7. The molecule has 0 saturated heterocycles. The van der Waals surface area contributed by atoms with Gasteiger partial charge in [0.05, 0.1) is 0 Å². The summed E-state index contributed by atoms with van der Waals surface area (Å²) in [6.45, 7) is 1.97. The van der Waals surface area contributed by atoms with Gasteiger partial charge in [-0.1, -0.05) is 41.4 Å². The van der Waals surface area contributed by atoms with E-state index in [1.165, 1.54) is 5.56 Å². The lowest BCUT2D eigenvalue weighted by molar-refractivity contribution is 0.306. The highest BCUT2D eigenvalue weighted by atomic mass is 35.5. The summed E-state index contributed by atoms with van der Waals surface area (Å²) in [5, 5.41) is 4.65. The molecule has 3 aromatic rings. The van der Waals surface area contributed by atoms with Gasteiger partial charge in [-0.2, -0.15) is 0 Å². The zero-order valence-corrected chi connectivity index (χ0v) is 15.1. The Morgan fingerprint density at radius 2 is 1.68 bits per heavy atom. The van der Waals surface area contributed by atoms with Crippen molar-refractivity contribution in [3.63, 3.8) is 0 Å². The molecular formula is C20H18Cl2N2O. The van der Waals surface area contributed by atoms with Gasteiger partial charge in [-0.25, -0.2) is 0 Å². The highest BCUT2D eigenvalue weighted by Gasteiger charge is 2.03. The molecule has 0 aliphatic carbocycles. The first-order valence-electron chi connectivity index (χ1n) is 7.96. The summed E-state index contributed by atoms with van der Waals surface area (Å²) in [5.74, 6) is 0.814. The summed E-state index contributed by atoms with van der Waals surface area (Å²) in [6, 6.07) is 17.5. The lowest BCUT2D eigenvalue weighted by atomic mass is 10.2. The fourth-order valence-electron chi connectivity index (χ4n) is 2.40. The second kappa shape index (κ2) is 8.86. The van der Waals surface area contributed by atoms with E-state index in [-0.39, 0.29) is 0 Å². The van der Waals surface area contributed by atoms with Gasteiger partial charge in [0, 0.05) is 41.1 Å². The average molecular weight is 373 g/mol. The van der Waals surface area contributed by atoms with Crippen LogP contribution in [0.4, 0.5) is 0 Å². The Morgan fingerprint density at radius 3 is 2.48 bits per heavy atom. The van der Waals surface area contributed by atoms with E-state index in [0.717, 1.165) is 30.0 Å². The number of rotatable bonds is 7. The van der Waals surface area contributed by atoms with Gasteiger partial charge in [0.25, 0.3) is 0 Å². The van der Waals surface area contributed by atoms with Crippen LogP contribution in [0.25, 0.3) is 0 Å². The molecule has 0 spiro atoms. The van der Waals surface area contributed by atoms with E-state index in [9.17, 15) is 0 Å². The van der Waals surface area contributed by atoms with Crippen molar-refractivity contribution in [1.82, 2.24) is 10.3 Å². The maximum atomic E-state index is 6.17. The summed E-state index contributed by atoms with van der Waals surface area (Å²) in [6.07, 6.45) is 3.60. The lowest BCUT2D eigenvalue weighted by Crippen LogP contribution is -2.12. The van der Waals surface area contributed by atoms with Gasteiger partial charge in [0.2, 0.25) is 0 Å². The van der Waals surface area contributed by atoms with E-state index < -0.39 is 0 Å². The normalized spacial score (nSPS) is 10.6. The second-order valence-corrected chi connectivity index (χ2v) is 6.47. The third-order valence-electron chi connectivity index (χ3n) is 3.72. The van der Waals surface area contributed by atoms with Crippen molar-refractivity contribution < 1.29 is 4.74 Å². The minimum atomic E-state index is 0.407. The van der Waals surface area contributed by atoms with Crippen molar-refractivity contribution in [2.45, 2.75) is 19.7 Å². The van der Waals surface area contributed by atoms with Gasteiger partial charge in [-0.15, -0.1) is 0 Å². The number of hydrogen-bond acceptors (Lipinski definition) is 3. The van der Waals surface area contributed by atoms with Crippen LogP contribution in [0, 0.1) is 0 Å². The first-order chi connectivity index (χ1) is 12.2. The Labute approximate surface area is 157 Å². The highest BCUT2D eigenvalue weighted by Crippen LogP contribution is 2.23. The average Bonchev–Trinajstić information content (AvgIpc) is 2.62. The molecule has 0 fully saturated rings. The summed E-state index contributed by atoms with van der Waals surface area (Å²) in [5.41, 5.74) is 3.28. The fraction of sp³-hybridized carbons (Fsp3) is 0.150. The molecule has 0 bridgehead atoms. The topological polar surface area (TPSA) is 34.1 Å². The van der Waals surface area contributed by atoms with Crippen LogP contribution >= 0.6 is 23.2 Å². The predicted octanol–water partition coefficient (Wildman–Crippen LogP) is 5.26. The first-order valence-corrected chi connectivity index (χ1v) is 8.71. The Kier molecular flexibility index (Phi) is 6.29. The third kappa shape index (κ3) is 5.46. The van der Waals surface area contributed by atoms with Crippen molar-refractivity contribution in [1.29, 1.82) is 0 Å². The van der Waals surface area contributed by atoms with Crippen LogP contribution in [0.3, 0.4) is 0 Å². The van der Waals surface area contributed by atoms with Crippen LogP contribution in [0.2, 0.25) is 10.0 Å². The van der Waals surface area contributed by atoms with Crippen LogP contribution in [-0.2, 0) is 19.7 Å². The minimum absolute atomic E-state index is 0.407. The molecule has 0 atom stereocenters. The summed E-state index contributed by atoms with van der Waals surface area (Å²) >= 11 is 12.1. The van der Waals surface area contributed by atoms with E-state index in [1.807, 2.05) is 42.5 Å². The predicted molar refractivity (Wildman–Crippen MR) is 102 cm³/mol. The number of nitrogens with one attached hydrogen (secondary N) is 1. The van der Waals surface area contributed by atoms with Gasteiger partial charge in [-0.05, 0) is 47.5 Å². The Hall–Kier alpha value is -2.07. The molecule has 0 unspecified atom stereocenters. The molecular weight excluding hydrogens is 355 g/mol. The molecule has 2 aromatic carbocycles. The van der Waals surface area contributed by atoms with E-state index in [0.29, 0.717) is 16.7 Å². The van der Waals surface area contributed by atoms with Gasteiger partial charge < -0.3 is 10.1 Å². The standard InChI is InChI=1S/C20H18Cl2N2O/c21-18-5-4-17(20(22)11-18)14-25-19-3-1-2-16(10-19)13-24-12-15-6-8-23-9-7-15/h1-11,24H,12-14H2. The van der Waals surface area contributed by atoms with Crippen LogP contribution in [-0.4, -0.2) is 4.98 Å². The Morgan fingerprint density at radius 1 is 0.880 bits per heavy atom. The zero-order valence-electron chi connectivity index (χ0n) is 13.6. The molecule has 128 valence electrons. The largest absolute Gasteiger partial charge is 0.489 e. The molecule has 0 radical (unpaired) electrons. The summed E-state index contributed by atoms with van der Waals surface area (Å²) < 4.78 is 5.85. The second-order valence-electron chi connectivity index (χ2n) is 5.63. The summed E-state index contributed by atoms with van der Waals surface area (Å²) in [4.78, 5) is 4.02.